The fourth-order valence-electron chi connectivity index (χ4n) is 2.31. The van der Waals surface area contributed by atoms with Gasteiger partial charge in [0.1, 0.15) is 0 Å². The zero-order valence-electron chi connectivity index (χ0n) is 11.9. The van der Waals surface area contributed by atoms with Crippen LogP contribution in [0.3, 0.4) is 0 Å². The van der Waals surface area contributed by atoms with Crippen LogP contribution in [0.2, 0.25) is 0 Å². The van der Waals surface area contributed by atoms with Gasteiger partial charge >= 0.3 is 0 Å². The maximum Gasteiger partial charge on any atom is 0.253 e. The Balaban J connectivity index is 0.000000771. The summed E-state index contributed by atoms with van der Waals surface area (Å²) in [6.45, 7) is 8.08. The fourth-order valence-corrected chi connectivity index (χ4v) is 2.31. The summed E-state index contributed by atoms with van der Waals surface area (Å²) in [5.74, 6) is 1.01. The van der Waals surface area contributed by atoms with E-state index in [4.69, 9.17) is 0 Å². The van der Waals surface area contributed by atoms with E-state index >= 15 is 0 Å². The Morgan fingerprint density at radius 2 is 1.72 bits per heavy atom. The van der Waals surface area contributed by atoms with E-state index in [9.17, 15) is 4.79 Å². The third-order valence-corrected chi connectivity index (χ3v) is 3.50. The Labute approximate surface area is 111 Å². The molecule has 0 saturated carbocycles. The third kappa shape index (κ3) is 3.86. The van der Waals surface area contributed by atoms with Crippen LogP contribution in [0.15, 0.2) is 30.3 Å². The van der Waals surface area contributed by atoms with Gasteiger partial charge in [-0.25, -0.2) is 0 Å². The van der Waals surface area contributed by atoms with E-state index in [1.54, 1.807) is 0 Å². The summed E-state index contributed by atoms with van der Waals surface area (Å²) in [5.41, 5.74) is 0.817. The van der Waals surface area contributed by atoms with E-state index in [1.165, 1.54) is 6.42 Å². The molecule has 0 unspecified atom stereocenters. The number of piperidine rings is 1. The van der Waals surface area contributed by atoms with Crippen molar-refractivity contribution in [2.45, 2.75) is 40.0 Å². The normalized spacial score (nSPS) is 15.8. The molecule has 1 aliphatic heterocycles. The van der Waals surface area contributed by atoms with Gasteiger partial charge in [-0.15, -0.1) is 0 Å². The maximum absolute atomic E-state index is 12.1. The lowest BCUT2D eigenvalue weighted by Crippen LogP contribution is -2.38. The predicted octanol–water partition coefficient (Wildman–Crippen LogP) is 3.98. The van der Waals surface area contributed by atoms with E-state index in [-0.39, 0.29) is 5.91 Å². The van der Waals surface area contributed by atoms with Crippen LogP contribution in [-0.4, -0.2) is 23.9 Å². The van der Waals surface area contributed by atoms with Crippen molar-refractivity contribution >= 4 is 5.91 Å². The second kappa shape index (κ2) is 7.91. The zero-order chi connectivity index (χ0) is 13.4. The van der Waals surface area contributed by atoms with Gasteiger partial charge in [0, 0.05) is 18.7 Å². The first-order valence-electron chi connectivity index (χ1n) is 7.15. The molecular formula is C16H25NO. The molecular weight excluding hydrogens is 222 g/mol. The minimum atomic E-state index is 0.190. The highest BCUT2D eigenvalue weighted by atomic mass is 16.2. The number of benzene rings is 1. The number of hydrogen-bond donors (Lipinski definition) is 0. The van der Waals surface area contributed by atoms with Crippen LogP contribution >= 0.6 is 0 Å². The maximum atomic E-state index is 12.1. The lowest BCUT2D eigenvalue weighted by molar-refractivity contribution is 0.0689. The highest BCUT2D eigenvalue weighted by Crippen LogP contribution is 2.21. The molecule has 0 atom stereocenters. The Hall–Kier alpha value is -1.31. The summed E-state index contributed by atoms with van der Waals surface area (Å²) in [4.78, 5) is 14.1. The Morgan fingerprint density at radius 1 is 1.17 bits per heavy atom. The fraction of sp³-hybridized carbons (Fsp3) is 0.562. The Bertz CT molecular complexity index is 339. The molecule has 1 aliphatic rings. The first kappa shape index (κ1) is 14.7. The van der Waals surface area contributed by atoms with Crippen LogP contribution in [0.5, 0.6) is 0 Å². The molecule has 1 aromatic carbocycles. The van der Waals surface area contributed by atoms with E-state index in [2.05, 4.69) is 6.92 Å². The summed E-state index contributed by atoms with van der Waals surface area (Å²) in [7, 11) is 0. The van der Waals surface area contributed by atoms with E-state index in [0.29, 0.717) is 0 Å². The van der Waals surface area contributed by atoms with Gasteiger partial charge < -0.3 is 4.90 Å². The first-order chi connectivity index (χ1) is 8.81. The Kier molecular flexibility index (Phi) is 6.48. The summed E-state index contributed by atoms with van der Waals surface area (Å²) >= 11 is 0. The predicted molar refractivity (Wildman–Crippen MR) is 76.7 cm³/mol. The van der Waals surface area contributed by atoms with Gasteiger partial charge in [0.15, 0.2) is 0 Å². The van der Waals surface area contributed by atoms with E-state index in [1.807, 2.05) is 49.1 Å². The molecule has 2 heteroatoms. The lowest BCUT2D eigenvalue weighted by atomic mass is 9.94. The lowest BCUT2D eigenvalue weighted by Gasteiger charge is -2.31. The highest BCUT2D eigenvalue weighted by molar-refractivity contribution is 5.94. The van der Waals surface area contributed by atoms with Gasteiger partial charge in [-0.2, -0.15) is 0 Å². The second-order valence-electron chi connectivity index (χ2n) is 4.51. The topological polar surface area (TPSA) is 20.3 Å². The van der Waals surface area contributed by atoms with Gasteiger partial charge in [0.25, 0.3) is 5.91 Å². The van der Waals surface area contributed by atoms with Gasteiger partial charge in [-0.1, -0.05) is 45.4 Å². The van der Waals surface area contributed by atoms with Gasteiger partial charge in [-0.3, -0.25) is 4.79 Å². The number of hydrogen-bond acceptors (Lipinski definition) is 1. The van der Waals surface area contributed by atoms with Gasteiger partial charge in [0.05, 0.1) is 0 Å². The smallest absolute Gasteiger partial charge is 0.253 e. The van der Waals surface area contributed by atoms with Crippen molar-refractivity contribution in [3.8, 4) is 0 Å². The minimum absolute atomic E-state index is 0.190. The SMILES string of the molecule is CC.CCC1CCN(C(=O)c2ccccc2)CC1. The highest BCUT2D eigenvalue weighted by Gasteiger charge is 2.22. The average Bonchev–Trinajstić information content (AvgIpc) is 2.49. The molecule has 0 N–H and O–H groups in total. The van der Waals surface area contributed by atoms with Gasteiger partial charge in [-0.05, 0) is 30.9 Å². The average molecular weight is 247 g/mol. The first-order valence-corrected chi connectivity index (χ1v) is 7.15. The van der Waals surface area contributed by atoms with Crippen molar-refractivity contribution in [1.82, 2.24) is 4.90 Å². The van der Waals surface area contributed by atoms with Crippen LogP contribution in [0.1, 0.15) is 50.4 Å². The molecule has 2 nitrogen and oxygen atoms in total. The summed E-state index contributed by atoms with van der Waals surface area (Å²) in [5, 5.41) is 0. The molecule has 2 rings (SSSR count). The monoisotopic (exact) mass is 247 g/mol. The molecule has 1 heterocycles. The second-order valence-corrected chi connectivity index (χ2v) is 4.51. The van der Waals surface area contributed by atoms with Crippen molar-refractivity contribution in [3.63, 3.8) is 0 Å². The molecule has 0 radical (unpaired) electrons. The largest absolute Gasteiger partial charge is 0.339 e. The standard InChI is InChI=1S/C14H19NO.C2H6/c1-2-12-8-10-15(11-9-12)14(16)13-6-4-3-5-7-13;1-2/h3-7,12H,2,8-11H2,1H3;1-2H3. The number of carbonyl (C=O) groups is 1. The zero-order valence-corrected chi connectivity index (χ0v) is 11.9. The van der Waals surface area contributed by atoms with Crippen LogP contribution in [-0.2, 0) is 0 Å². The van der Waals surface area contributed by atoms with Crippen LogP contribution in [0.4, 0.5) is 0 Å². The Morgan fingerprint density at radius 3 is 2.22 bits per heavy atom. The number of nitrogens with zero attached hydrogens (tertiary/aromatic N) is 1. The molecule has 18 heavy (non-hydrogen) atoms. The molecule has 1 aromatic rings. The number of rotatable bonds is 2. The number of carbonyl (C=O) groups excluding carboxylic acids is 1. The molecule has 1 amide bonds. The van der Waals surface area contributed by atoms with E-state index in [0.717, 1.165) is 37.4 Å². The van der Waals surface area contributed by atoms with Crippen LogP contribution in [0.25, 0.3) is 0 Å². The third-order valence-electron chi connectivity index (χ3n) is 3.50. The van der Waals surface area contributed by atoms with E-state index < -0.39 is 0 Å². The van der Waals surface area contributed by atoms with Crippen LogP contribution < -0.4 is 0 Å². The molecule has 1 saturated heterocycles. The van der Waals surface area contributed by atoms with Crippen molar-refractivity contribution in [2.75, 3.05) is 13.1 Å². The molecule has 1 fully saturated rings. The quantitative estimate of drug-likeness (QED) is 0.774. The summed E-state index contributed by atoms with van der Waals surface area (Å²) < 4.78 is 0. The summed E-state index contributed by atoms with van der Waals surface area (Å²) in [6, 6.07) is 9.58. The molecule has 0 bridgehead atoms. The van der Waals surface area contributed by atoms with Crippen molar-refractivity contribution in [3.05, 3.63) is 35.9 Å². The van der Waals surface area contributed by atoms with Crippen LogP contribution in [0, 0.1) is 5.92 Å². The number of amides is 1. The van der Waals surface area contributed by atoms with Crippen molar-refractivity contribution < 1.29 is 4.79 Å². The number of likely N-dealkylation sites (tertiary alicyclic amines) is 1. The van der Waals surface area contributed by atoms with Crippen molar-refractivity contribution in [1.29, 1.82) is 0 Å². The molecule has 0 aromatic heterocycles. The molecule has 0 aliphatic carbocycles. The summed E-state index contributed by atoms with van der Waals surface area (Å²) in [6.07, 6.45) is 3.57. The van der Waals surface area contributed by atoms with Crippen molar-refractivity contribution in [2.24, 2.45) is 5.92 Å². The molecule has 0 spiro atoms. The minimum Gasteiger partial charge on any atom is -0.339 e. The molecule has 100 valence electrons. The van der Waals surface area contributed by atoms with Gasteiger partial charge in [0.2, 0.25) is 0 Å².